The Hall–Kier alpha value is -1.41. The molecule has 1 saturated carbocycles. The Morgan fingerprint density at radius 3 is 2.58 bits per heavy atom. The predicted molar refractivity (Wildman–Crippen MR) is 81.7 cm³/mol. The van der Waals surface area contributed by atoms with Gasteiger partial charge in [0.1, 0.15) is 5.56 Å². The van der Waals surface area contributed by atoms with Crippen molar-refractivity contribution in [2.75, 3.05) is 13.1 Å². The third-order valence-electron chi connectivity index (χ3n) is 4.27. The Bertz CT molecular complexity index is 680. The van der Waals surface area contributed by atoms with Gasteiger partial charge < -0.3 is 4.74 Å². The smallest absolute Gasteiger partial charge is 0.370 e. The number of hydrogen-bond donors (Lipinski definition) is 0. The van der Waals surface area contributed by atoms with E-state index in [1.807, 2.05) is 25.7 Å². The van der Waals surface area contributed by atoms with Crippen LogP contribution in [-0.2, 0) is 17.6 Å². The van der Waals surface area contributed by atoms with E-state index in [2.05, 4.69) is 5.10 Å². The van der Waals surface area contributed by atoms with E-state index in [0.29, 0.717) is 18.8 Å². The molecule has 1 atom stereocenters. The average Bonchev–Trinajstić information content (AvgIpc) is 3.21. The van der Waals surface area contributed by atoms with Gasteiger partial charge in [0, 0.05) is 19.0 Å². The summed E-state index contributed by atoms with van der Waals surface area (Å²) in [5.41, 5.74) is -2.26. The quantitative estimate of drug-likeness (QED) is 0.845. The van der Waals surface area contributed by atoms with E-state index in [0.717, 1.165) is 23.6 Å². The van der Waals surface area contributed by atoms with Gasteiger partial charge in [0.25, 0.3) is 5.56 Å². The zero-order chi connectivity index (χ0) is 17.7. The molecule has 0 aromatic carbocycles. The van der Waals surface area contributed by atoms with E-state index in [-0.39, 0.29) is 18.7 Å². The maximum atomic E-state index is 13.2. The van der Waals surface area contributed by atoms with Gasteiger partial charge in [-0.25, -0.2) is 4.68 Å². The first kappa shape index (κ1) is 17.4. The monoisotopic (exact) mass is 345 g/mol. The van der Waals surface area contributed by atoms with Crippen LogP contribution in [0.15, 0.2) is 10.9 Å². The van der Waals surface area contributed by atoms with E-state index in [9.17, 15) is 18.0 Å². The van der Waals surface area contributed by atoms with Gasteiger partial charge in [-0.05, 0) is 39.7 Å². The molecule has 3 rings (SSSR count). The second kappa shape index (κ2) is 5.84. The minimum atomic E-state index is -4.66. The molecule has 2 heterocycles. The molecule has 24 heavy (non-hydrogen) atoms. The molecule has 5 nitrogen and oxygen atoms in total. The van der Waals surface area contributed by atoms with Crippen molar-refractivity contribution in [1.82, 2.24) is 14.7 Å². The largest absolute Gasteiger partial charge is 0.421 e. The highest BCUT2D eigenvalue weighted by Crippen LogP contribution is 2.40. The van der Waals surface area contributed by atoms with Gasteiger partial charge in [0.05, 0.1) is 24.1 Å². The van der Waals surface area contributed by atoms with Gasteiger partial charge in [-0.3, -0.25) is 9.69 Å². The summed E-state index contributed by atoms with van der Waals surface area (Å²) in [6.07, 6.45) is -3.07. The van der Waals surface area contributed by atoms with E-state index in [1.54, 1.807) is 0 Å². The zero-order valence-corrected chi connectivity index (χ0v) is 14.1. The van der Waals surface area contributed by atoms with Gasteiger partial charge in [-0.2, -0.15) is 18.3 Å². The normalized spacial score (nSPS) is 25.0. The number of rotatable bonds is 3. The zero-order valence-electron chi connectivity index (χ0n) is 14.1. The van der Waals surface area contributed by atoms with Crippen LogP contribution in [0.3, 0.4) is 0 Å². The number of aromatic nitrogens is 2. The van der Waals surface area contributed by atoms with Crippen molar-refractivity contribution in [2.24, 2.45) is 0 Å². The molecule has 8 heteroatoms. The highest BCUT2D eigenvalue weighted by molar-refractivity contribution is 5.22. The number of alkyl halides is 3. The molecule has 1 aliphatic heterocycles. The van der Waals surface area contributed by atoms with E-state index in [1.165, 1.54) is 0 Å². The molecule has 0 bridgehead atoms. The van der Waals surface area contributed by atoms with Crippen molar-refractivity contribution in [3.05, 3.63) is 27.7 Å². The number of ether oxygens (including phenoxy) is 1. The summed E-state index contributed by atoms with van der Waals surface area (Å²) in [6.45, 7) is 6.87. The maximum Gasteiger partial charge on any atom is 0.421 e. The molecule has 2 aliphatic rings. The first-order valence-corrected chi connectivity index (χ1v) is 8.14. The number of halogens is 3. The van der Waals surface area contributed by atoms with Crippen LogP contribution in [0.25, 0.3) is 0 Å². The van der Waals surface area contributed by atoms with E-state index >= 15 is 0 Å². The van der Waals surface area contributed by atoms with Crippen LogP contribution in [0.2, 0.25) is 0 Å². The van der Waals surface area contributed by atoms with Crippen LogP contribution < -0.4 is 5.56 Å². The lowest BCUT2D eigenvalue weighted by atomic mass is 10.1. The van der Waals surface area contributed by atoms with Crippen molar-refractivity contribution in [1.29, 1.82) is 0 Å². The molecular weight excluding hydrogens is 323 g/mol. The van der Waals surface area contributed by atoms with Crippen LogP contribution in [0, 0.1) is 0 Å². The molecule has 0 radical (unpaired) electrons. The Morgan fingerprint density at radius 2 is 2.04 bits per heavy atom. The summed E-state index contributed by atoms with van der Waals surface area (Å²) in [6, 6.07) is 0.919. The topological polar surface area (TPSA) is 47.4 Å². The summed E-state index contributed by atoms with van der Waals surface area (Å²) in [5.74, 6) is 0.0398. The third-order valence-corrected chi connectivity index (χ3v) is 4.27. The molecular formula is C16H22F3N3O2. The highest BCUT2D eigenvalue weighted by atomic mass is 19.4. The fourth-order valence-electron chi connectivity index (χ4n) is 3.32. The van der Waals surface area contributed by atoms with E-state index < -0.39 is 22.9 Å². The minimum absolute atomic E-state index is 0.0398. The van der Waals surface area contributed by atoms with Crippen molar-refractivity contribution in [3.8, 4) is 0 Å². The fraction of sp³-hybridized carbons (Fsp3) is 0.750. The molecule has 1 aliphatic carbocycles. The van der Waals surface area contributed by atoms with Crippen molar-refractivity contribution in [3.63, 3.8) is 0 Å². The van der Waals surface area contributed by atoms with Crippen LogP contribution in [-0.4, -0.2) is 39.5 Å². The maximum absolute atomic E-state index is 13.2. The average molecular weight is 345 g/mol. The third kappa shape index (κ3) is 3.80. The molecule has 1 aromatic rings. The lowest BCUT2D eigenvalue weighted by Gasteiger charge is -2.41. The van der Waals surface area contributed by atoms with Gasteiger partial charge in [0.15, 0.2) is 0 Å². The van der Waals surface area contributed by atoms with E-state index in [4.69, 9.17) is 4.74 Å². The molecule has 0 spiro atoms. The number of hydrogen-bond acceptors (Lipinski definition) is 4. The molecule has 0 amide bonds. The fourth-order valence-corrected chi connectivity index (χ4v) is 3.32. The van der Waals surface area contributed by atoms with Crippen LogP contribution in [0.1, 0.15) is 50.8 Å². The Kier molecular flexibility index (Phi) is 4.24. The summed E-state index contributed by atoms with van der Waals surface area (Å²) in [4.78, 5) is 14.2. The molecule has 134 valence electrons. The minimum Gasteiger partial charge on any atom is -0.370 e. The number of morpholine rings is 1. The molecule has 1 aromatic heterocycles. The second-order valence-electron chi connectivity index (χ2n) is 7.40. The van der Waals surface area contributed by atoms with Crippen LogP contribution in [0.5, 0.6) is 0 Å². The first-order chi connectivity index (χ1) is 11.0. The van der Waals surface area contributed by atoms with Gasteiger partial charge in [-0.15, -0.1) is 0 Å². The van der Waals surface area contributed by atoms with Crippen molar-refractivity contribution < 1.29 is 17.9 Å². The SMILES string of the molecule is C[C@H]1CN(Cn2nc(C3CC3)cc(C(F)(F)F)c2=O)CC(C)(C)O1. The molecule has 1 saturated heterocycles. The Morgan fingerprint density at radius 1 is 1.38 bits per heavy atom. The Labute approximate surface area is 138 Å². The summed E-state index contributed by atoms with van der Waals surface area (Å²) < 4.78 is 46.3. The van der Waals surface area contributed by atoms with Crippen LogP contribution >= 0.6 is 0 Å². The molecule has 0 N–H and O–H groups in total. The van der Waals surface area contributed by atoms with Gasteiger partial charge in [0.2, 0.25) is 0 Å². The molecule has 2 fully saturated rings. The van der Waals surface area contributed by atoms with Gasteiger partial charge >= 0.3 is 6.18 Å². The summed E-state index contributed by atoms with van der Waals surface area (Å²) >= 11 is 0. The van der Waals surface area contributed by atoms with Crippen molar-refractivity contribution >= 4 is 0 Å². The highest BCUT2D eigenvalue weighted by Gasteiger charge is 2.38. The summed E-state index contributed by atoms with van der Waals surface area (Å²) in [7, 11) is 0. The van der Waals surface area contributed by atoms with Crippen LogP contribution in [0.4, 0.5) is 13.2 Å². The Balaban J connectivity index is 1.92. The standard InChI is InChI=1S/C16H22F3N3O2/c1-10-7-21(8-15(2,3)24-10)9-22-14(23)12(16(17,18)19)6-13(20-22)11-4-5-11/h6,10-11H,4-5,7-9H2,1-3H3/t10-/m0/s1. The predicted octanol–water partition coefficient (Wildman–Crippen LogP) is 2.60. The second-order valence-corrected chi connectivity index (χ2v) is 7.40. The lowest BCUT2D eigenvalue weighted by Crippen LogP contribution is -2.53. The first-order valence-electron chi connectivity index (χ1n) is 8.14. The number of nitrogens with zero attached hydrogens (tertiary/aromatic N) is 3. The lowest BCUT2D eigenvalue weighted by molar-refractivity contribution is -0.142. The molecule has 0 unspecified atom stereocenters. The van der Waals surface area contributed by atoms with Crippen molar-refractivity contribution in [2.45, 2.75) is 64.1 Å². The van der Waals surface area contributed by atoms with Gasteiger partial charge in [-0.1, -0.05) is 0 Å². The summed E-state index contributed by atoms with van der Waals surface area (Å²) in [5, 5.41) is 4.20.